The highest BCUT2D eigenvalue weighted by Gasteiger charge is 2.35. The van der Waals surface area contributed by atoms with Gasteiger partial charge >= 0.3 is 5.97 Å². The first kappa shape index (κ1) is 27.9. The number of carboxylic acid groups (broad SMARTS) is 1. The number of hydrogen-bond donors (Lipinski definition) is 4. The molecule has 1 aromatic rings. The number of rotatable bonds is 12. The van der Waals surface area contributed by atoms with Crippen molar-refractivity contribution in [2.45, 2.75) is 72.0 Å². The molecule has 0 spiro atoms. The summed E-state index contributed by atoms with van der Waals surface area (Å²) < 4.78 is 0. The molecule has 184 valence electrons. The van der Waals surface area contributed by atoms with Crippen LogP contribution >= 0.6 is 0 Å². The highest BCUT2D eigenvalue weighted by molar-refractivity contribution is 5.93. The molecule has 0 saturated heterocycles. The number of phenolic OH excluding ortho intramolecular Hbond substituents is 1. The molecule has 1 aromatic carbocycles. The van der Waals surface area contributed by atoms with Crippen molar-refractivity contribution in [3.8, 4) is 5.75 Å². The lowest BCUT2D eigenvalue weighted by molar-refractivity contribution is -0.146. The van der Waals surface area contributed by atoms with E-state index in [1.807, 2.05) is 27.7 Å². The Bertz CT molecular complexity index is 824. The third-order valence-electron chi connectivity index (χ3n) is 5.64. The van der Waals surface area contributed by atoms with Crippen LogP contribution in [0.5, 0.6) is 5.75 Å². The number of nitrogens with one attached hydrogen (secondary N) is 2. The Balaban J connectivity index is 3.27. The number of nitrogens with zero attached hydrogens (tertiary/aromatic N) is 1. The topological polar surface area (TPSA) is 136 Å². The van der Waals surface area contributed by atoms with E-state index in [1.54, 1.807) is 12.1 Å². The molecular formula is C24H37N3O6. The van der Waals surface area contributed by atoms with Gasteiger partial charge in [0, 0.05) is 20.4 Å². The Morgan fingerprint density at radius 1 is 1.03 bits per heavy atom. The maximum absolute atomic E-state index is 13.3. The SMILES string of the molecule is CCC(C)C(NC(C)=O)C(=O)N(C)C(Cc1ccc(O)cc1)C(=O)NC(CC(C)C)C(=O)O. The van der Waals surface area contributed by atoms with Gasteiger partial charge in [0.1, 0.15) is 23.9 Å². The second-order valence-electron chi connectivity index (χ2n) is 8.93. The van der Waals surface area contributed by atoms with Gasteiger partial charge in [-0.05, 0) is 36.0 Å². The van der Waals surface area contributed by atoms with Gasteiger partial charge in [0.25, 0.3) is 0 Å². The van der Waals surface area contributed by atoms with E-state index < -0.39 is 35.9 Å². The van der Waals surface area contributed by atoms with E-state index >= 15 is 0 Å². The van der Waals surface area contributed by atoms with E-state index in [-0.39, 0.29) is 36.3 Å². The number of benzene rings is 1. The molecule has 4 N–H and O–H groups in total. The first-order valence-corrected chi connectivity index (χ1v) is 11.2. The lowest BCUT2D eigenvalue weighted by Gasteiger charge is -2.33. The van der Waals surface area contributed by atoms with Gasteiger partial charge < -0.3 is 25.7 Å². The number of amides is 3. The first-order chi connectivity index (χ1) is 15.4. The number of phenols is 1. The number of carbonyl (C=O) groups excluding carboxylic acids is 3. The van der Waals surface area contributed by atoms with Gasteiger partial charge in [0.2, 0.25) is 17.7 Å². The van der Waals surface area contributed by atoms with Gasteiger partial charge in [0.15, 0.2) is 0 Å². The minimum Gasteiger partial charge on any atom is -0.508 e. The molecule has 33 heavy (non-hydrogen) atoms. The number of likely N-dealkylation sites (N-methyl/N-ethyl adjacent to an activating group) is 1. The Morgan fingerprint density at radius 3 is 2.06 bits per heavy atom. The van der Waals surface area contributed by atoms with E-state index in [0.717, 1.165) is 0 Å². The van der Waals surface area contributed by atoms with Crippen molar-refractivity contribution in [3.05, 3.63) is 29.8 Å². The molecule has 0 fully saturated rings. The van der Waals surface area contributed by atoms with Crippen LogP contribution in [0.15, 0.2) is 24.3 Å². The van der Waals surface area contributed by atoms with Gasteiger partial charge in [-0.25, -0.2) is 4.79 Å². The van der Waals surface area contributed by atoms with Crippen LogP contribution in [-0.4, -0.2) is 64.0 Å². The fraction of sp³-hybridized carbons (Fsp3) is 0.583. The summed E-state index contributed by atoms with van der Waals surface area (Å²) in [5, 5.41) is 24.3. The van der Waals surface area contributed by atoms with Crippen molar-refractivity contribution in [1.29, 1.82) is 0 Å². The number of aromatic hydroxyl groups is 1. The molecule has 4 unspecified atom stereocenters. The zero-order valence-corrected chi connectivity index (χ0v) is 20.3. The Hall–Kier alpha value is -3.10. The standard InChI is InChI=1S/C24H37N3O6/c1-7-15(4)21(25-16(5)28)23(31)27(6)20(13-17-8-10-18(29)11-9-17)22(30)26-19(24(32)33)12-14(2)3/h8-11,14-15,19-21,29H,7,12-13H2,1-6H3,(H,25,28)(H,26,30)(H,32,33). The molecule has 3 amide bonds. The molecule has 1 rings (SSSR count). The minimum atomic E-state index is -1.15. The average molecular weight is 464 g/mol. The van der Waals surface area contributed by atoms with Crippen LogP contribution in [0.1, 0.15) is 53.0 Å². The van der Waals surface area contributed by atoms with Crippen molar-refractivity contribution in [2.75, 3.05) is 7.05 Å². The summed E-state index contributed by atoms with van der Waals surface area (Å²) in [7, 11) is 1.47. The van der Waals surface area contributed by atoms with Crippen LogP contribution < -0.4 is 10.6 Å². The molecule has 0 saturated carbocycles. The second kappa shape index (κ2) is 12.8. The van der Waals surface area contributed by atoms with Gasteiger partial charge in [-0.15, -0.1) is 0 Å². The molecule has 9 nitrogen and oxygen atoms in total. The zero-order chi connectivity index (χ0) is 25.3. The highest BCUT2D eigenvalue weighted by Crippen LogP contribution is 2.17. The molecule has 0 bridgehead atoms. The smallest absolute Gasteiger partial charge is 0.326 e. The van der Waals surface area contributed by atoms with Crippen LogP contribution in [-0.2, 0) is 25.6 Å². The summed E-state index contributed by atoms with van der Waals surface area (Å²) in [4.78, 5) is 51.2. The van der Waals surface area contributed by atoms with Crippen LogP contribution in [0.4, 0.5) is 0 Å². The van der Waals surface area contributed by atoms with Crippen molar-refractivity contribution < 1.29 is 29.4 Å². The number of hydrogen-bond acceptors (Lipinski definition) is 5. The van der Waals surface area contributed by atoms with Crippen LogP contribution in [0.25, 0.3) is 0 Å². The Morgan fingerprint density at radius 2 is 1.61 bits per heavy atom. The summed E-state index contributed by atoms with van der Waals surface area (Å²) >= 11 is 0. The minimum absolute atomic E-state index is 0.0378. The van der Waals surface area contributed by atoms with Gasteiger partial charge in [0.05, 0.1) is 0 Å². The molecule has 0 aliphatic carbocycles. The maximum atomic E-state index is 13.3. The van der Waals surface area contributed by atoms with Crippen LogP contribution in [0.3, 0.4) is 0 Å². The lowest BCUT2D eigenvalue weighted by Crippen LogP contribution is -2.58. The first-order valence-electron chi connectivity index (χ1n) is 11.2. The average Bonchev–Trinajstić information content (AvgIpc) is 2.74. The predicted octanol–water partition coefficient (Wildman–Crippen LogP) is 1.93. The number of carbonyl (C=O) groups is 4. The summed E-state index contributed by atoms with van der Waals surface area (Å²) in [6, 6.07) is 3.29. The quantitative estimate of drug-likeness (QED) is 0.374. The molecule has 0 aliphatic heterocycles. The fourth-order valence-electron chi connectivity index (χ4n) is 3.50. The third-order valence-corrected chi connectivity index (χ3v) is 5.64. The predicted molar refractivity (Wildman–Crippen MR) is 124 cm³/mol. The number of aliphatic carboxylic acids is 1. The highest BCUT2D eigenvalue weighted by atomic mass is 16.4. The van der Waals surface area contributed by atoms with Crippen molar-refractivity contribution in [1.82, 2.24) is 15.5 Å². The van der Waals surface area contributed by atoms with E-state index in [4.69, 9.17) is 0 Å². The summed E-state index contributed by atoms with van der Waals surface area (Å²) in [6.07, 6.45) is 0.983. The molecule has 0 radical (unpaired) electrons. The van der Waals surface area contributed by atoms with Crippen molar-refractivity contribution >= 4 is 23.7 Å². The monoisotopic (exact) mass is 463 g/mol. The van der Waals surface area contributed by atoms with E-state index in [9.17, 15) is 29.4 Å². The molecule has 0 aromatic heterocycles. The summed E-state index contributed by atoms with van der Waals surface area (Å²) in [5.41, 5.74) is 0.683. The largest absolute Gasteiger partial charge is 0.508 e. The van der Waals surface area contributed by atoms with Gasteiger partial charge in [-0.1, -0.05) is 46.2 Å². The van der Waals surface area contributed by atoms with Gasteiger partial charge in [-0.2, -0.15) is 0 Å². The summed E-state index contributed by atoms with van der Waals surface area (Å²) in [6.45, 7) is 8.78. The van der Waals surface area contributed by atoms with Crippen molar-refractivity contribution in [3.63, 3.8) is 0 Å². The summed E-state index contributed by atoms with van der Waals surface area (Å²) in [5.74, 6) is -2.61. The fourth-order valence-corrected chi connectivity index (χ4v) is 3.50. The molecule has 4 atom stereocenters. The maximum Gasteiger partial charge on any atom is 0.326 e. The molecule has 0 heterocycles. The Labute approximate surface area is 195 Å². The van der Waals surface area contributed by atoms with Gasteiger partial charge in [-0.3, -0.25) is 14.4 Å². The molecular weight excluding hydrogens is 426 g/mol. The van der Waals surface area contributed by atoms with Crippen LogP contribution in [0, 0.1) is 11.8 Å². The third kappa shape index (κ3) is 8.75. The van der Waals surface area contributed by atoms with E-state index in [2.05, 4.69) is 10.6 Å². The zero-order valence-electron chi connectivity index (χ0n) is 20.3. The van der Waals surface area contributed by atoms with Crippen LogP contribution in [0.2, 0.25) is 0 Å². The van der Waals surface area contributed by atoms with E-state index in [0.29, 0.717) is 12.0 Å². The lowest BCUT2D eigenvalue weighted by atomic mass is 9.96. The van der Waals surface area contributed by atoms with Crippen molar-refractivity contribution in [2.24, 2.45) is 11.8 Å². The Kier molecular flexibility index (Phi) is 10.8. The molecule has 0 aliphatic rings. The molecule has 9 heteroatoms. The van der Waals surface area contributed by atoms with E-state index in [1.165, 1.54) is 31.0 Å². The number of carboxylic acids is 1. The second-order valence-corrected chi connectivity index (χ2v) is 8.93. The normalized spacial score (nSPS) is 14.6.